The van der Waals surface area contributed by atoms with E-state index in [0.29, 0.717) is 27.3 Å². The molecular weight excluding hydrogens is 419 g/mol. The highest BCUT2D eigenvalue weighted by Crippen LogP contribution is 2.34. The van der Waals surface area contributed by atoms with Gasteiger partial charge in [0.1, 0.15) is 10.8 Å². The van der Waals surface area contributed by atoms with E-state index in [1.807, 2.05) is 37.3 Å². The van der Waals surface area contributed by atoms with E-state index in [0.717, 1.165) is 15.8 Å². The molecule has 4 rings (SSSR count). The minimum atomic E-state index is -0.463. The van der Waals surface area contributed by atoms with E-state index in [4.69, 9.17) is 27.9 Å². The van der Waals surface area contributed by atoms with E-state index in [1.54, 1.807) is 6.07 Å². The smallest absolute Gasteiger partial charge is 0.294 e. The number of anilines is 2. The highest BCUT2D eigenvalue weighted by atomic mass is 35.5. The van der Waals surface area contributed by atoms with Crippen LogP contribution < -0.4 is 15.6 Å². The number of hydrogen-bond acceptors (Lipinski definition) is 6. The van der Waals surface area contributed by atoms with Crippen molar-refractivity contribution in [3.8, 4) is 10.9 Å². The molecule has 1 N–H and O–H groups in total. The Morgan fingerprint density at radius 1 is 1.18 bits per heavy atom. The number of halogens is 2. The molecular formula is C19H14Cl2N4O2S. The maximum absolute atomic E-state index is 12.8. The summed E-state index contributed by atoms with van der Waals surface area (Å²) < 4.78 is 7.51. The summed E-state index contributed by atoms with van der Waals surface area (Å²) in [5.74, 6) is 0.530. The molecule has 0 bridgehead atoms. The fraction of sp³-hybridized carbons (Fsp3) is 0.105. The first kappa shape index (κ1) is 18.7. The van der Waals surface area contributed by atoms with Gasteiger partial charge < -0.3 is 10.1 Å². The molecule has 2 aromatic carbocycles. The lowest BCUT2D eigenvalue weighted by Crippen LogP contribution is -2.22. The summed E-state index contributed by atoms with van der Waals surface area (Å²) in [5.41, 5.74) is 2.19. The number of para-hydroxylation sites is 1. The highest BCUT2D eigenvalue weighted by Gasteiger charge is 2.16. The molecule has 0 spiro atoms. The summed E-state index contributed by atoms with van der Waals surface area (Å²) in [4.78, 5) is 17.2. The quantitative estimate of drug-likeness (QED) is 0.479. The molecule has 2 aromatic heterocycles. The Morgan fingerprint density at radius 2 is 1.96 bits per heavy atom. The summed E-state index contributed by atoms with van der Waals surface area (Å²) in [5, 5.41) is 8.37. The van der Waals surface area contributed by atoms with Gasteiger partial charge in [0.2, 0.25) is 5.13 Å². The number of benzene rings is 2. The minimum Gasteiger partial charge on any atom is -0.495 e. The molecule has 0 radical (unpaired) electrons. The number of nitrogens with one attached hydrogen (secondary N) is 1. The van der Waals surface area contributed by atoms with Crippen molar-refractivity contribution in [2.75, 3.05) is 12.4 Å². The summed E-state index contributed by atoms with van der Waals surface area (Å²) in [6.45, 7) is 1.87. The second kappa shape index (κ2) is 7.43. The third kappa shape index (κ3) is 3.32. The first-order valence-corrected chi connectivity index (χ1v) is 9.80. The SMILES string of the molecule is COc1cc(Cl)c(C)cc1Nc1cnn(-c2nc3ccccc3s2)c(=O)c1Cl. The number of rotatable bonds is 4. The van der Waals surface area contributed by atoms with Crippen LogP contribution in [0.2, 0.25) is 10.0 Å². The molecule has 28 heavy (non-hydrogen) atoms. The summed E-state index contributed by atoms with van der Waals surface area (Å²) in [7, 11) is 1.54. The van der Waals surface area contributed by atoms with Crippen molar-refractivity contribution < 1.29 is 4.74 Å². The Balaban J connectivity index is 1.74. The fourth-order valence-electron chi connectivity index (χ4n) is 2.68. The molecule has 142 valence electrons. The Kier molecular flexibility index (Phi) is 4.97. The number of fused-ring (bicyclic) bond motifs is 1. The number of aryl methyl sites for hydroxylation is 1. The summed E-state index contributed by atoms with van der Waals surface area (Å²) in [6.07, 6.45) is 1.49. The van der Waals surface area contributed by atoms with Crippen LogP contribution in [0.4, 0.5) is 11.4 Å². The third-order valence-electron chi connectivity index (χ3n) is 4.13. The van der Waals surface area contributed by atoms with E-state index in [1.165, 1.54) is 29.3 Å². The van der Waals surface area contributed by atoms with Gasteiger partial charge in [-0.15, -0.1) is 0 Å². The van der Waals surface area contributed by atoms with E-state index in [9.17, 15) is 4.79 Å². The van der Waals surface area contributed by atoms with Crippen molar-refractivity contribution in [1.82, 2.24) is 14.8 Å². The fourth-order valence-corrected chi connectivity index (χ4v) is 3.93. The molecule has 6 nitrogen and oxygen atoms in total. The van der Waals surface area contributed by atoms with Crippen molar-refractivity contribution in [2.24, 2.45) is 0 Å². The topological polar surface area (TPSA) is 69.0 Å². The molecule has 9 heteroatoms. The number of thiazole rings is 1. The molecule has 0 fully saturated rings. The van der Waals surface area contributed by atoms with Crippen molar-refractivity contribution in [2.45, 2.75) is 6.92 Å². The van der Waals surface area contributed by atoms with Crippen molar-refractivity contribution >= 4 is 56.1 Å². The Labute approximate surface area is 174 Å². The van der Waals surface area contributed by atoms with E-state index in [2.05, 4.69) is 15.4 Å². The maximum atomic E-state index is 12.8. The first-order valence-electron chi connectivity index (χ1n) is 8.23. The second-order valence-corrected chi connectivity index (χ2v) is 7.77. The average Bonchev–Trinajstić information content (AvgIpc) is 3.12. The summed E-state index contributed by atoms with van der Waals surface area (Å²) in [6, 6.07) is 11.1. The molecule has 0 unspecified atom stereocenters. The van der Waals surface area contributed by atoms with Gasteiger partial charge in [-0.25, -0.2) is 4.98 Å². The number of aromatic nitrogens is 3. The van der Waals surface area contributed by atoms with Crippen LogP contribution in [0.25, 0.3) is 15.3 Å². The molecule has 0 saturated carbocycles. The molecule has 2 heterocycles. The highest BCUT2D eigenvalue weighted by molar-refractivity contribution is 7.20. The standard InChI is InChI=1S/C19H14Cl2N4O2S/c1-10-7-13(15(27-2)8-11(10)20)23-14-9-22-25(18(26)17(14)21)19-24-12-5-3-4-6-16(12)28-19/h3-9,23H,1-2H3. The minimum absolute atomic E-state index is 0.00362. The van der Waals surface area contributed by atoms with Crippen LogP contribution in [0.3, 0.4) is 0 Å². The zero-order valence-corrected chi connectivity index (χ0v) is 17.2. The third-order valence-corrected chi connectivity index (χ3v) is 5.92. The van der Waals surface area contributed by atoms with Gasteiger partial charge in [0.25, 0.3) is 5.56 Å². The molecule has 0 amide bonds. The number of hydrogen-bond donors (Lipinski definition) is 1. The van der Waals surface area contributed by atoms with Crippen LogP contribution in [0.5, 0.6) is 5.75 Å². The van der Waals surface area contributed by atoms with Crippen molar-refractivity contribution in [3.63, 3.8) is 0 Å². The molecule has 0 aliphatic carbocycles. The molecule has 0 aliphatic rings. The number of methoxy groups -OCH3 is 1. The van der Waals surface area contributed by atoms with Crippen molar-refractivity contribution in [3.05, 3.63) is 68.6 Å². The molecule has 4 aromatic rings. The van der Waals surface area contributed by atoms with E-state index in [-0.39, 0.29) is 5.02 Å². The van der Waals surface area contributed by atoms with Gasteiger partial charge in [0.15, 0.2) is 0 Å². The van der Waals surface area contributed by atoms with Crippen LogP contribution in [-0.4, -0.2) is 21.9 Å². The lowest BCUT2D eigenvalue weighted by Gasteiger charge is -2.14. The van der Waals surface area contributed by atoms with Gasteiger partial charge in [-0.05, 0) is 30.7 Å². The van der Waals surface area contributed by atoms with Gasteiger partial charge >= 0.3 is 0 Å². The van der Waals surface area contributed by atoms with Crippen LogP contribution >= 0.6 is 34.5 Å². The number of ether oxygens (including phenoxy) is 1. The molecule has 0 aliphatic heterocycles. The van der Waals surface area contributed by atoms with Gasteiger partial charge in [-0.3, -0.25) is 4.79 Å². The zero-order chi connectivity index (χ0) is 19.8. The summed E-state index contributed by atoms with van der Waals surface area (Å²) >= 11 is 13.8. The van der Waals surface area contributed by atoms with Gasteiger partial charge in [-0.1, -0.05) is 46.7 Å². The van der Waals surface area contributed by atoms with E-state index < -0.39 is 5.56 Å². The van der Waals surface area contributed by atoms with Crippen LogP contribution in [-0.2, 0) is 0 Å². The predicted octanol–water partition coefficient (Wildman–Crippen LogP) is 5.21. The van der Waals surface area contributed by atoms with E-state index >= 15 is 0 Å². The molecule has 0 atom stereocenters. The van der Waals surface area contributed by atoms with Crippen LogP contribution in [0.1, 0.15) is 5.56 Å². The monoisotopic (exact) mass is 432 g/mol. The Hall–Kier alpha value is -2.61. The maximum Gasteiger partial charge on any atom is 0.294 e. The normalized spacial score (nSPS) is 11.0. The largest absolute Gasteiger partial charge is 0.495 e. The van der Waals surface area contributed by atoms with Gasteiger partial charge in [0, 0.05) is 11.1 Å². The Morgan fingerprint density at radius 3 is 2.71 bits per heavy atom. The zero-order valence-electron chi connectivity index (χ0n) is 14.9. The predicted molar refractivity (Wildman–Crippen MR) is 114 cm³/mol. The lowest BCUT2D eigenvalue weighted by atomic mass is 10.2. The van der Waals surface area contributed by atoms with Gasteiger partial charge in [-0.2, -0.15) is 9.78 Å². The number of nitrogens with zero attached hydrogens (tertiary/aromatic N) is 3. The van der Waals surface area contributed by atoms with Gasteiger partial charge in [0.05, 0.1) is 34.9 Å². The molecule has 0 saturated heterocycles. The van der Waals surface area contributed by atoms with Crippen LogP contribution in [0.15, 0.2) is 47.4 Å². The van der Waals surface area contributed by atoms with Crippen molar-refractivity contribution in [1.29, 1.82) is 0 Å². The lowest BCUT2D eigenvalue weighted by molar-refractivity contribution is 0.417. The Bertz CT molecular complexity index is 1220. The average molecular weight is 433 g/mol. The first-order chi connectivity index (χ1) is 13.5. The van der Waals surface area contributed by atoms with Crippen LogP contribution in [0, 0.1) is 6.92 Å². The second-order valence-electron chi connectivity index (χ2n) is 5.98.